The first-order chi connectivity index (χ1) is 6.90. The predicted molar refractivity (Wildman–Crippen MR) is 55.9 cm³/mol. The molecule has 0 amide bonds. The average Bonchev–Trinajstić information content (AvgIpc) is 2.09. The van der Waals surface area contributed by atoms with Gasteiger partial charge < -0.3 is 4.89 Å². The van der Waals surface area contributed by atoms with Crippen LogP contribution in [-0.4, -0.2) is 10.5 Å². The van der Waals surface area contributed by atoms with Gasteiger partial charge in [-0.25, -0.2) is 0 Å². The molecule has 7 heteroatoms. The van der Waals surface area contributed by atoms with Crippen molar-refractivity contribution in [2.45, 2.75) is 19.4 Å². The van der Waals surface area contributed by atoms with Crippen LogP contribution in [0, 0.1) is 5.92 Å². The van der Waals surface area contributed by atoms with Crippen LogP contribution in [0.5, 0.6) is 0 Å². The lowest BCUT2D eigenvalue weighted by atomic mass is 9.87. The Morgan fingerprint density at radius 3 is 2.87 bits per heavy atom. The molecule has 0 bridgehead atoms. The Morgan fingerprint density at radius 1 is 1.67 bits per heavy atom. The van der Waals surface area contributed by atoms with Crippen molar-refractivity contribution in [1.82, 2.24) is 0 Å². The van der Waals surface area contributed by atoms with E-state index in [1.54, 1.807) is 19.1 Å². The topological polar surface area (TPSA) is 95.3 Å². The van der Waals surface area contributed by atoms with E-state index < -0.39 is 13.3 Å². The molecular formula is C8H12N3O3P. The fraction of sp³-hybridized carbons (Fsp3) is 0.500. The quantitative estimate of drug-likeness (QED) is 0.348. The maximum atomic E-state index is 11.3. The zero-order valence-electron chi connectivity index (χ0n) is 8.44. The van der Waals surface area contributed by atoms with Crippen molar-refractivity contribution in [2.75, 3.05) is 0 Å². The summed E-state index contributed by atoms with van der Waals surface area (Å²) >= 11 is 0. The fourth-order valence-corrected chi connectivity index (χ4v) is 2.14. The number of allylic oxidation sites excluding steroid dienone is 2. The number of hydrogen-bond donors (Lipinski definition) is 1. The molecule has 0 aromatic rings. The zero-order chi connectivity index (χ0) is 11.5. The second-order valence-electron chi connectivity index (χ2n) is 3.48. The Kier molecular flexibility index (Phi) is 3.37. The number of hydrogen-bond acceptors (Lipinski definition) is 2. The van der Waals surface area contributed by atoms with Crippen LogP contribution in [0.25, 0.3) is 10.4 Å². The van der Waals surface area contributed by atoms with Crippen molar-refractivity contribution in [3.8, 4) is 0 Å². The van der Waals surface area contributed by atoms with Gasteiger partial charge in [-0.1, -0.05) is 31.2 Å². The molecule has 0 aromatic heterocycles. The Labute approximate surface area is 87.5 Å². The number of azide groups is 1. The van der Waals surface area contributed by atoms with Crippen LogP contribution in [0.4, 0.5) is 0 Å². The number of rotatable bonds is 3. The molecule has 0 radical (unpaired) electrons. The highest BCUT2D eigenvalue weighted by Gasteiger charge is 2.36. The summed E-state index contributed by atoms with van der Waals surface area (Å²) in [6.07, 6.45) is 7.05. The molecule has 3 unspecified atom stereocenters. The minimum atomic E-state index is -4.24. The van der Waals surface area contributed by atoms with E-state index in [4.69, 9.17) is 10.1 Å². The largest absolute Gasteiger partial charge is 0.418 e. The van der Waals surface area contributed by atoms with Gasteiger partial charge in [0, 0.05) is 15.7 Å². The van der Waals surface area contributed by atoms with Gasteiger partial charge >= 0.3 is 7.75 Å². The minimum Gasteiger partial charge on any atom is -0.320 e. The first kappa shape index (κ1) is 12.0. The van der Waals surface area contributed by atoms with Crippen molar-refractivity contribution in [3.05, 3.63) is 34.7 Å². The van der Waals surface area contributed by atoms with E-state index in [0.717, 1.165) is 0 Å². The first-order valence-electron chi connectivity index (χ1n) is 4.36. The third-order valence-corrected chi connectivity index (χ3v) is 3.25. The normalized spacial score (nSPS) is 33.1. The van der Waals surface area contributed by atoms with Gasteiger partial charge in [-0.2, -0.15) is 0 Å². The smallest absolute Gasteiger partial charge is 0.320 e. The van der Waals surface area contributed by atoms with Gasteiger partial charge in [-0.15, -0.1) is 0 Å². The van der Waals surface area contributed by atoms with Gasteiger partial charge in [-0.3, -0.25) is 9.09 Å². The minimum absolute atomic E-state index is 0.0723. The van der Waals surface area contributed by atoms with E-state index in [1.807, 2.05) is 19.1 Å². The summed E-state index contributed by atoms with van der Waals surface area (Å²) in [5.74, 6) is -0.0723. The van der Waals surface area contributed by atoms with E-state index in [1.165, 1.54) is 0 Å². The van der Waals surface area contributed by atoms with Gasteiger partial charge in [-0.05, 0) is 12.5 Å². The summed E-state index contributed by atoms with van der Waals surface area (Å²) in [4.78, 5) is 14.2. The van der Waals surface area contributed by atoms with Gasteiger partial charge in [0.2, 0.25) is 0 Å². The molecule has 15 heavy (non-hydrogen) atoms. The van der Waals surface area contributed by atoms with E-state index in [9.17, 15) is 9.46 Å². The summed E-state index contributed by atoms with van der Waals surface area (Å²) in [5.41, 5.74) is 7.17. The lowest BCUT2D eigenvalue weighted by Gasteiger charge is -2.33. The van der Waals surface area contributed by atoms with Crippen molar-refractivity contribution in [1.29, 1.82) is 0 Å². The van der Waals surface area contributed by atoms with Gasteiger partial charge in [0.15, 0.2) is 0 Å². The van der Waals surface area contributed by atoms with Crippen LogP contribution in [0.2, 0.25) is 0 Å². The molecule has 0 fully saturated rings. The van der Waals surface area contributed by atoms with Crippen LogP contribution in [0.15, 0.2) is 29.2 Å². The molecule has 0 saturated carbocycles. The second kappa shape index (κ2) is 4.21. The van der Waals surface area contributed by atoms with E-state index in [2.05, 4.69) is 9.80 Å². The van der Waals surface area contributed by atoms with Crippen molar-refractivity contribution < 1.29 is 14.0 Å². The molecule has 0 aliphatic heterocycles. The van der Waals surface area contributed by atoms with Gasteiger partial charge in [0.05, 0.1) is 5.60 Å². The Morgan fingerprint density at radius 2 is 2.33 bits per heavy atom. The molecule has 3 atom stereocenters. The monoisotopic (exact) mass is 229 g/mol. The van der Waals surface area contributed by atoms with Crippen molar-refractivity contribution in [3.63, 3.8) is 0 Å². The highest BCUT2D eigenvalue weighted by atomic mass is 31.2. The molecule has 0 spiro atoms. The molecule has 1 aliphatic rings. The molecule has 0 aromatic carbocycles. The van der Waals surface area contributed by atoms with Crippen LogP contribution in [-0.2, 0) is 9.09 Å². The van der Waals surface area contributed by atoms with E-state index in [-0.39, 0.29) is 5.92 Å². The Bertz CT molecular complexity index is 400. The predicted octanol–water partition coefficient (Wildman–Crippen LogP) is 2.93. The third-order valence-electron chi connectivity index (χ3n) is 2.31. The maximum absolute atomic E-state index is 11.3. The summed E-state index contributed by atoms with van der Waals surface area (Å²) in [7, 11) is -4.24. The molecule has 0 saturated heterocycles. The van der Waals surface area contributed by atoms with Gasteiger partial charge in [0.1, 0.15) is 0 Å². The van der Waals surface area contributed by atoms with Crippen LogP contribution < -0.4 is 0 Å². The van der Waals surface area contributed by atoms with Crippen LogP contribution >= 0.6 is 7.75 Å². The standard InChI is InChI=1S/C8H12N3O3P/c1-7-5-3-4-6-8(7,2)14-15(12,13)11-10-9/h3-7H,1-2H3,(H,12,13). The lowest BCUT2D eigenvalue weighted by Crippen LogP contribution is -2.33. The molecule has 1 aliphatic carbocycles. The van der Waals surface area contributed by atoms with Crippen LogP contribution in [0.3, 0.4) is 0 Å². The zero-order valence-corrected chi connectivity index (χ0v) is 9.33. The molecule has 82 valence electrons. The SMILES string of the molecule is CC1C=CC=CC1(C)OP(=O)(O)N=[N+]=[N-]. The summed E-state index contributed by atoms with van der Waals surface area (Å²) in [5, 5.41) is 0. The van der Waals surface area contributed by atoms with E-state index >= 15 is 0 Å². The maximum Gasteiger partial charge on any atom is 0.418 e. The molecular weight excluding hydrogens is 217 g/mol. The molecule has 1 rings (SSSR count). The molecule has 6 nitrogen and oxygen atoms in total. The summed E-state index contributed by atoms with van der Waals surface area (Å²) in [6, 6.07) is 0. The highest BCUT2D eigenvalue weighted by molar-refractivity contribution is 7.51. The molecule has 1 N–H and O–H groups in total. The summed E-state index contributed by atoms with van der Waals surface area (Å²) in [6.45, 7) is 3.50. The lowest BCUT2D eigenvalue weighted by molar-refractivity contribution is 0.0851. The van der Waals surface area contributed by atoms with Crippen molar-refractivity contribution in [2.24, 2.45) is 10.8 Å². The van der Waals surface area contributed by atoms with Gasteiger partial charge in [0.25, 0.3) is 0 Å². The Balaban J connectivity index is 2.90. The summed E-state index contributed by atoms with van der Waals surface area (Å²) < 4.78 is 16.3. The average molecular weight is 229 g/mol. The number of nitrogens with zero attached hydrogens (tertiary/aromatic N) is 3. The molecule has 0 heterocycles. The highest BCUT2D eigenvalue weighted by Crippen LogP contribution is 2.50. The van der Waals surface area contributed by atoms with Crippen LogP contribution in [0.1, 0.15) is 13.8 Å². The second-order valence-corrected chi connectivity index (χ2v) is 4.82. The first-order valence-corrected chi connectivity index (χ1v) is 5.89. The van der Waals surface area contributed by atoms with E-state index in [0.29, 0.717) is 0 Å². The van der Waals surface area contributed by atoms with Crippen molar-refractivity contribution >= 4 is 7.75 Å². The fourth-order valence-electron chi connectivity index (χ4n) is 1.26. The third kappa shape index (κ3) is 2.94. The Hall–Kier alpha value is -1.06.